The molecule has 27 heavy (non-hydrogen) atoms. The highest BCUT2D eigenvalue weighted by molar-refractivity contribution is 6.76. The Hall–Kier alpha value is -1.59. The van der Waals surface area contributed by atoms with Gasteiger partial charge in [-0.1, -0.05) is 39.4 Å². The molecule has 0 N–H and O–H groups in total. The minimum absolute atomic E-state index is 0.590. The second-order valence-corrected chi connectivity index (χ2v) is 15.1. The molecule has 0 bridgehead atoms. The zero-order valence-electron chi connectivity index (χ0n) is 17.2. The van der Waals surface area contributed by atoms with E-state index in [4.69, 9.17) is 9.72 Å². The van der Waals surface area contributed by atoms with Crippen molar-refractivity contribution in [3.05, 3.63) is 30.7 Å². The van der Waals surface area contributed by atoms with Crippen LogP contribution in [0.5, 0.6) is 0 Å². The topological polar surface area (TPSA) is 32.0 Å². The molecule has 0 saturated heterocycles. The molecule has 3 heterocycles. The van der Waals surface area contributed by atoms with E-state index in [9.17, 15) is 0 Å². The summed E-state index contributed by atoms with van der Waals surface area (Å²) in [6.07, 6.45) is 11.8. The Morgan fingerprint density at radius 1 is 1.15 bits per heavy atom. The van der Waals surface area contributed by atoms with E-state index in [0.717, 1.165) is 18.2 Å². The van der Waals surface area contributed by atoms with Crippen LogP contribution in [0, 0.1) is 5.92 Å². The van der Waals surface area contributed by atoms with E-state index in [1.54, 1.807) is 0 Å². The van der Waals surface area contributed by atoms with E-state index in [2.05, 4.69) is 60.2 Å². The predicted octanol–water partition coefficient (Wildman–Crippen LogP) is 6.05. The summed E-state index contributed by atoms with van der Waals surface area (Å²) >= 11 is 0. The number of ether oxygens (including phenoxy) is 1. The Labute approximate surface area is 163 Å². The molecule has 146 valence electrons. The number of nitrogens with zero attached hydrogens (tertiary/aromatic N) is 3. The van der Waals surface area contributed by atoms with Crippen molar-refractivity contribution in [2.75, 3.05) is 6.61 Å². The molecular weight excluding hydrogens is 350 g/mol. The first kappa shape index (κ1) is 18.8. The first-order chi connectivity index (χ1) is 12.9. The Balaban J connectivity index is 1.62. The molecule has 0 aliphatic heterocycles. The van der Waals surface area contributed by atoms with Crippen LogP contribution >= 0.6 is 0 Å². The standard InChI is InChI=1S/C22H33N3OSi/c1-17-7-5-6-8-20(17)25-12-9-18-15-23-22-19(21(18)25)10-11-24(22)16-26-13-14-27(2,3)4/h9-12,15,17,20H,5-8,13-14,16H2,1-4H3/t17-,20+/m1/s1. The maximum absolute atomic E-state index is 5.97. The number of rotatable bonds is 6. The molecule has 2 atom stereocenters. The van der Waals surface area contributed by atoms with E-state index in [1.165, 1.54) is 48.0 Å². The third kappa shape index (κ3) is 3.85. The molecule has 0 amide bonds. The Morgan fingerprint density at radius 3 is 2.74 bits per heavy atom. The summed E-state index contributed by atoms with van der Waals surface area (Å²) in [6, 6.07) is 6.26. The minimum atomic E-state index is -1.05. The second-order valence-electron chi connectivity index (χ2n) is 9.49. The molecule has 0 radical (unpaired) electrons. The molecule has 3 aromatic rings. The van der Waals surface area contributed by atoms with Gasteiger partial charge in [0, 0.05) is 50.1 Å². The molecule has 0 aromatic carbocycles. The first-order valence-corrected chi connectivity index (χ1v) is 14.2. The van der Waals surface area contributed by atoms with Crippen LogP contribution in [0.15, 0.2) is 30.7 Å². The number of pyridine rings is 1. The van der Waals surface area contributed by atoms with Gasteiger partial charge in [-0.05, 0) is 36.9 Å². The van der Waals surface area contributed by atoms with E-state index in [0.29, 0.717) is 12.8 Å². The van der Waals surface area contributed by atoms with Gasteiger partial charge < -0.3 is 13.9 Å². The summed E-state index contributed by atoms with van der Waals surface area (Å²) in [5.41, 5.74) is 2.39. The third-order valence-corrected chi connectivity index (χ3v) is 7.82. The number of hydrogen-bond acceptors (Lipinski definition) is 2. The van der Waals surface area contributed by atoms with Crippen LogP contribution in [0.4, 0.5) is 0 Å². The largest absolute Gasteiger partial charge is 0.361 e. The van der Waals surface area contributed by atoms with Crippen molar-refractivity contribution in [2.45, 2.75) is 71.1 Å². The van der Waals surface area contributed by atoms with Gasteiger partial charge in [-0.25, -0.2) is 4.98 Å². The predicted molar refractivity (Wildman–Crippen MR) is 116 cm³/mol. The Bertz CT molecular complexity index is 921. The van der Waals surface area contributed by atoms with Gasteiger partial charge in [0.25, 0.3) is 0 Å². The fraction of sp³-hybridized carbons (Fsp3) is 0.591. The lowest BCUT2D eigenvalue weighted by Crippen LogP contribution is -2.22. The average Bonchev–Trinajstić information content (AvgIpc) is 3.22. The van der Waals surface area contributed by atoms with Crippen LogP contribution in [0.3, 0.4) is 0 Å². The van der Waals surface area contributed by atoms with Crippen LogP contribution < -0.4 is 0 Å². The quantitative estimate of drug-likeness (QED) is 0.383. The molecule has 1 aliphatic rings. The number of aromatic nitrogens is 3. The first-order valence-electron chi connectivity index (χ1n) is 10.5. The van der Waals surface area contributed by atoms with E-state index in [1.807, 2.05) is 6.20 Å². The molecule has 3 aromatic heterocycles. The zero-order valence-corrected chi connectivity index (χ0v) is 18.2. The fourth-order valence-corrected chi connectivity index (χ4v) is 5.17. The highest BCUT2D eigenvalue weighted by atomic mass is 28.3. The van der Waals surface area contributed by atoms with Crippen molar-refractivity contribution < 1.29 is 4.74 Å². The normalized spacial score (nSPS) is 21.3. The van der Waals surface area contributed by atoms with Crippen LogP contribution in [0.1, 0.15) is 38.6 Å². The third-order valence-electron chi connectivity index (χ3n) is 6.11. The van der Waals surface area contributed by atoms with Crippen molar-refractivity contribution in [1.29, 1.82) is 0 Å². The van der Waals surface area contributed by atoms with Gasteiger partial charge in [0.1, 0.15) is 12.4 Å². The fourth-order valence-electron chi connectivity index (χ4n) is 4.42. The monoisotopic (exact) mass is 383 g/mol. The molecule has 0 spiro atoms. The zero-order chi connectivity index (χ0) is 19.0. The molecule has 1 aliphatic carbocycles. The summed E-state index contributed by atoms with van der Waals surface area (Å²) in [6.45, 7) is 11.0. The lowest BCUT2D eigenvalue weighted by molar-refractivity contribution is 0.0899. The SMILES string of the molecule is C[C@@H]1CCCC[C@@H]1n1ccc2cnc3c(ccn3COCC[Si](C)(C)C)c21. The molecule has 4 nitrogen and oxygen atoms in total. The van der Waals surface area contributed by atoms with E-state index in [-0.39, 0.29) is 0 Å². The summed E-state index contributed by atoms with van der Waals surface area (Å²) in [7, 11) is -1.05. The van der Waals surface area contributed by atoms with Gasteiger partial charge in [-0.2, -0.15) is 0 Å². The average molecular weight is 384 g/mol. The summed E-state index contributed by atoms with van der Waals surface area (Å²) in [4.78, 5) is 4.75. The molecule has 1 fully saturated rings. The lowest BCUT2D eigenvalue weighted by atomic mass is 9.85. The van der Waals surface area contributed by atoms with E-state index >= 15 is 0 Å². The van der Waals surface area contributed by atoms with Crippen molar-refractivity contribution in [3.63, 3.8) is 0 Å². The summed E-state index contributed by atoms with van der Waals surface area (Å²) in [5.74, 6) is 0.740. The van der Waals surface area contributed by atoms with Crippen LogP contribution in [-0.2, 0) is 11.5 Å². The van der Waals surface area contributed by atoms with Crippen molar-refractivity contribution >= 4 is 30.0 Å². The molecule has 0 unspecified atom stereocenters. The van der Waals surface area contributed by atoms with Crippen LogP contribution in [0.25, 0.3) is 21.9 Å². The van der Waals surface area contributed by atoms with E-state index < -0.39 is 8.07 Å². The van der Waals surface area contributed by atoms with Crippen LogP contribution in [-0.4, -0.2) is 28.8 Å². The number of fused-ring (bicyclic) bond motifs is 3. The summed E-state index contributed by atoms with van der Waals surface area (Å²) < 4.78 is 10.7. The van der Waals surface area contributed by atoms with Gasteiger partial charge in [0.15, 0.2) is 0 Å². The van der Waals surface area contributed by atoms with Crippen molar-refractivity contribution in [2.24, 2.45) is 5.92 Å². The Morgan fingerprint density at radius 2 is 1.96 bits per heavy atom. The van der Waals surface area contributed by atoms with Gasteiger partial charge in [-0.3, -0.25) is 0 Å². The lowest BCUT2D eigenvalue weighted by Gasteiger charge is -2.31. The smallest absolute Gasteiger partial charge is 0.143 e. The second kappa shape index (κ2) is 7.44. The molecular formula is C22H33N3OSi. The summed E-state index contributed by atoms with van der Waals surface area (Å²) in [5, 5.41) is 2.50. The van der Waals surface area contributed by atoms with Gasteiger partial charge in [-0.15, -0.1) is 0 Å². The molecule has 5 heteroatoms. The van der Waals surface area contributed by atoms with Crippen molar-refractivity contribution in [3.8, 4) is 0 Å². The van der Waals surface area contributed by atoms with Crippen LogP contribution in [0.2, 0.25) is 25.7 Å². The highest BCUT2D eigenvalue weighted by Gasteiger charge is 2.24. The molecule has 1 saturated carbocycles. The number of hydrogen-bond donors (Lipinski definition) is 0. The van der Waals surface area contributed by atoms with Gasteiger partial charge in [0.2, 0.25) is 0 Å². The van der Waals surface area contributed by atoms with Gasteiger partial charge in [0.05, 0.1) is 5.52 Å². The minimum Gasteiger partial charge on any atom is -0.361 e. The maximum atomic E-state index is 5.97. The Kier molecular flexibility index (Phi) is 5.17. The molecule has 4 rings (SSSR count). The highest BCUT2D eigenvalue weighted by Crippen LogP contribution is 2.37. The van der Waals surface area contributed by atoms with Crippen molar-refractivity contribution in [1.82, 2.24) is 14.1 Å². The maximum Gasteiger partial charge on any atom is 0.143 e. The van der Waals surface area contributed by atoms with Gasteiger partial charge >= 0.3 is 0 Å².